The van der Waals surface area contributed by atoms with Gasteiger partial charge >= 0.3 is 0 Å². The fraction of sp³-hybridized carbons (Fsp3) is 0.188. The van der Waals surface area contributed by atoms with E-state index < -0.39 is 0 Å². The SMILES string of the molecule is CNc1nc(N(C)c2ccnc(OC)c2)c2ccccc2n1. The topological polar surface area (TPSA) is 63.2 Å². The van der Waals surface area contributed by atoms with Crippen LogP contribution in [0, 0.1) is 0 Å². The van der Waals surface area contributed by atoms with E-state index >= 15 is 0 Å². The molecule has 0 spiro atoms. The molecule has 0 aliphatic heterocycles. The molecule has 0 radical (unpaired) electrons. The summed E-state index contributed by atoms with van der Waals surface area (Å²) in [4.78, 5) is 15.2. The number of aromatic nitrogens is 3. The standard InChI is InChI=1S/C16H17N5O/c1-17-16-19-13-7-5-4-6-12(13)15(20-16)21(2)11-8-9-18-14(10-11)22-3/h4-10H,1-3H3,(H,17,19,20). The maximum absolute atomic E-state index is 5.19. The number of hydrogen-bond acceptors (Lipinski definition) is 6. The molecule has 0 amide bonds. The lowest BCUT2D eigenvalue weighted by Crippen LogP contribution is -2.13. The number of pyridine rings is 1. The molecule has 1 aromatic carbocycles. The molecule has 0 bridgehead atoms. The molecule has 2 aromatic heterocycles. The summed E-state index contributed by atoms with van der Waals surface area (Å²) in [6.45, 7) is 0. The summed E-state index contributed by atoms with van der Waals surface area (Å²) in [6, 6.07) is 11.7. The molecule has 1 N–H and O–H groups in total. The molecule has 0 saturated carbocycles. The van der Waals surface area contributed by atoms with Gasteiger partial charge in [0.15, 0.2) is 0 Å². The molecular weight excluding hydrogens is 278 g/mol. The van der Waals surface area contributed by atoms with Gasteiger partial charge in [-0.05, 0) is 18.2 Å². The van der Waals surface area contributed by atoms with E-state index in [0.29, 0.717) is 11.8 Å². The number of rotatable bonds is 4. The minimum absolute atomic E-state index is 0.566. The lowest BCUT2D eigenvalue weighted by molar-refractivity contribution is 0.398. The molecule has 0 unspecified atom stereocenters. The largest absolute Gasteiger partial charge is 0.481 e. The van der Waals surface area contributed by atoms with Crippen molar-refractivity contribution >= 4 is 28.4 Å². The van der Waals surface area contributed by atoms with Crippen LogP contribution in [0.1, 0.15) is 0 Å². The van der Waals surface area contributed by atoms with Gasteiger partial charge in [-0.2, -0.15) is 4.98 Å². The van der Waals surface area contributed by atoms with Crippen molar-refractivity contribution in [1.82, 2.24) is 15.0 Å². The van der Waals surface area contributed by atoms with Gasteiger partial charge in [0, 0.05) is 37.4 Å². The summed E-state index contributed by atoms with van der Waals surface area (Å²) in [5.41, 5.74) is 1.84. The quantitative estimate of drug-likeness (QED) is 0.798. The van der Waals surface area contributed by atoms with E-state index in [9.17, 15) is 0 Å². The molecular formula is C16H17N5O. The van der Waals surface area contributed by atoms with Crippen LogP contribution >= 0.6 is 0 Å². The minimum atomic E-state index is 0.566. The normalized spacial score (nSPS) is 10.5. The Labute approximate surface area is 128 Å². The molecule has 0 aliphatic rings. The Morgan fingerprint density at radius 2 is 1.95 bits per heavy atom. The number of anilines is 3. The average Bonchev–Trinajstić information content (AvgIpc) is 2.60. The van der Waals surface area contributed by atoms with E-state index in [-0.39, 0.29) is 0 Å². The number of hydrogen-bond donors (Lipinski definition) is 1. The summed E-state index contributed by atoms with van der Waals surface area (Å²) < 4.78 is 5.19. The Bertz CT molecular complexity index is 805. The average molecular weight is 295 g/mol. The predicted octanol–water partition coefficient (Wildman–Crippen LogP) is 2.84. The smallest absolute Gasteiger partial charge is 0.224 e. The van der Waals surface area contributed by atoms with Gasteiger partial charge in [-0.15, -0.1) is 0 Å². The van der Waals surface area contributed by atoms with Crippen LogP contribution in [0.5, 0.6) is 5.88 Å². The van der Waals surface area contributed by atoms with Crippen molar-refractivity contribution in [2.45, 2.75) is 0 Å². The Morgan fingerprint density at radius 1 is 1.14 bits per heavy atom. The van der Waals surface area contributed by atoms with Crippen molar-refractivity contribution < 1.29 is 4.74 Å². The lowest BCUT2D eigenvalue weighted by atomic mass is 10.2. The molecule has 22 heavy (non-hydrogen) atoms. The maximum Gasteiger partial charge on any atom is 0.224 e. The van der Waals surface area contributed by atoms with Gasteiger partial charge in [0.2, 0.25) is 11.8 Å². The van der Waals surface area contributed by atoms with E-state index in [2.05, 4.69) is 20.3 Å². The molecule has 6 nitrogen and oxygen atoms in total. The first kappa shape index (κ1) is 14.1. The lowest BCUT2D eigenvalue weighted by Gasteiger charge is -2.20. The highest BCUT2D eigenvalue weighted by molar-refractivity contribution is 5.92. The summed E-state index contributed by atoms with van der Waals surface area (Å²) in [7, 11) is 5.37. The molecule has 0 atom stereocenters. The highest BCUT2D eigenvalue weighted by Crippen LogP contribution is 2.30. The van der Waals surface area contributed by atoms with Crippen LogP contribution in [0.4, 0.5) is 17.5 Å². The van der Waals surface area contributed by atoms with E-state index in [1.54, 1.807) is 13.3 Å². The Hall–Kier alpha value is -2.89. The Kier molecular flexibility index (Phi) is 3.74. The van der Waals surface area contributed by atoms with Crippen LogP contribution in [-0.4, -0.2) is 36.2 Å². The van der Waals surface area contributed by atoms with Crippen LogP contribution < -0.4 is 15.0 Å². The molecule has 6 heteroatoms. The van der Waals surface area contributed by atoms with Crippen molar-refractivity contribution in [3.05, 3.63) is 42.6 Å². The Balaban J connectivity index is 2.15. The van der Waals surface area contributed by atoms with Gasteiger partial charge in [0.05, 0.1) is 12.6 Å². The van der Waals surface area contributed by atoms with E-state index in [1.165, 1.54) is 0 Å². The van der Waals surface area contributed by atoms with Crippen LogP contribution in [0.3, 0.4) is 0 Å². The second kappa shape index (κ2) is 5.85. The highest BCUT2D eigenvalue weighted by Gasteiger charge is 2.13. The second-order valence-electron chi connectivity index (χ2n) is 4.75. The number of benzene rings is 1. The molecule has 2 heterocycles. The predicted molar refractivity (Wildman–Crippen MR) is 87.9 cm³/mol. The number of fused-ring (bicyclic) bond motifs is 1. The van der Waals surface area contributed by atoms with Gasteiger partial charge in [-0.25, -0.2) is 9.97 Å². The monoisotopic (exact) mass is 295 g/mol. The van der Waals surface area contributed by atoms with E-state index in [4.69, 9.17) is 4.74 Å². The van der Waals surface area contributed by atoms with Crippen LogP contribution in [0.15, 0.2) is 42.6 Å². The Morgan fingerprint density at radius 3 is 2.73 bits per heavy atom. The van der Waals surface area contributed by atoms with Gasteiger partial charge in [-0.3, -0.25) is 0 Å². The van der Waals surface area contributed by atoms with Crippen LogP contribution in [0.2, 0.25) is 0 Å². The van der Waals surface area contributed by atoms with Crippen LogP contribution in [0.25, 0.3) is 10.9 Å². The summed E-state index contributed by atoms with van der Waals surface area (Å²) >= 11 is 0. The van der Waals surface area contributed by atoms with E-state index in [0.717, 1.165) is 22.4 Å². The van der Waals surface area contributed by atoms with Gasteiger partial charge in [0.25, 0.3) is 0 Å². The number of para-hydroxylation sites is 1. The molecule has 3 rings (SSSR count). The summed E-state index contributed by atoms with van der Waals surface area (Å²) in [5, 5.41) is 3.99. The zero-order valence-electron chi connectivity index (χ0n) is 12.7. The third-order valence-corrected chi connectivity index (χ3v) is 3.44. The molecule has 0 saturated heterocycles. The number of nitrogens with one attached hydrogen (secondary N) is 1. The molecule has 0 aliphatic carbocycles. The third kappa shape index (κ3) is 2.50. The third-order valence-electron chi connectivity index (χ3n) is 3.44. The second-order valence-corrected chi connectivity index (χ2v) is 4.75. The van der Waals surface area contributed by atoms with Gasteiger partial charge in [-0.1, -0.05) is 12.1 Å². The first-order valence-electron chi connectivity index (χ1n) is 6.91. The van der Waals surface area contributed by atoms with E-state index in [1.807, 2.05) is 55.4 Å². The molecule has 0 fully saturated rings. The highest BCUT2D eigenvalue weighted by atomic mass is 16.5. The summed E-state index contributed by atoms with van der Waals surface area (Å²) in [6.07, 6.45) is 1.72. The van der Waals surface area contributed by atoms with Crippen molar-refractivity contribution in [3.63, 3.8) is 0 Å². The van der Waals surface area contributed by atoms with Crippen molar-refractivity contribution in [3.8, 4) is 5.88 Å². The first-order chi connectivity index (χ1) is 10.7. The maximum atomic E-state index is 5.19. The number of nitrogens with zero attached hydrogens (tertiary/aromatic N) is 4. The minimum Gasteiger partial charge on any atom is -0.481 e. The zero-order chi connectivity index (χ0) is 15.5. The fourth-order valence-corrected chi connectivity index (χ4v) is 2.27. The molecule has 112 valence electrons. The zero-order valence-corrected chi connectivity index (χ0v) is 12.7. The summed E-state index contributed by atoms with van der Waals surface area (Å²) in [5.74, 6) is 1.97. The van der Waals surface area contributed by atoms with Gasteiger partial charge in [0.1, 0.15) is 5.82 Å². The van der Waals surface area contributed by atoms with Crippen molar-refractivity contribution in [2.24, 2.45) is 0 Å². The van der Waals surface area contributed by atoms with Crippen molar-refractivity contribution in [1.29, 1.82) is 0 Å². The number of methoxy groups -OCH3 is 1. The van der Waals surface area contributed by atoms with Gasteiger partial charge < -0.3 is 15.0 Å². The van der Waals surface area contributed by atoms with Crippen molar-refractivity contribution in [2.75, 3.05) is 31.4 Å². The number of ether oxygens (including phenoxy) is 1. The fourth-order valence-electron chi connectivity index (χ4n) is 2.27. The first-order valence-corrected chi connectivity index (χ1v) is 6.91. The molecule has 3 aromatic rings. The van der Waals surface area contributed by atoms with Crippen LogP contribution in [-0.2, 0) is 0 Å².